The molecular weight excluding hydrogens is 370 g/mol. The Bertz CT molecular complexity index is 645. The number of rotatable bonds is 4. The second-order valence-corrected chi connectivity index (χ2v) is 8.72. The number of amides is 2. The number of nitrogens with zero attached hydrogens (tertiary/aromatic N) is 2. The van der Waals surface area contributed by atoms with E-state index in [0.717, 1.165) is 38.8 Å². The predicted molar refractivity (Wildman–Crippen MR) is 105 cm³/mol. The fraction of sp³-hybridized carbons (Fsp3) is 0.684. The molecule has 4 rings (SSSR count). The van der Waals surface area contributed by atoms with E-state index in [9.17, 15) is 9.59 Å². The van der Waals surface area contributed by atoms with Gasteiger partial charge in [0.25, 0.3) is 0 Å². The first-order chi connectivity index (χ1) is 12.1. The summed E-state index contributed by atoms with van der Waals surface area (Å²) in [5.74, 6) is 0.169. The standard InChI is InChI=1S/C19H27N3O2S.ClH/c1-21-8-2-15(10-17(21)23)18(24)22(12-14-3-9-25-13-14)16-11-19(16)4-6-20-7-5-19;/h3,9,13,15-16,20H,2,4-8,10-12H2,1H3;1H. The summed E-state index contributed by atoms with van der Waals surface area (Å²) in [6.45, 7) is 3.51. The smallest absolute Gasteiger partial charge is 0.226 e. The first-order valence-corrected chi connectivity index (χ1v) is 10.3. The summed E-state index contributed by atoms with van der Waals surface area (Å²) in [4.78, 5) is 29.3. The molecule has 1 spiro atoms. The lowest BCUT2D eigenvalue weighted by atomic mass is 9.91. The highest BCUT2D eigenvalue weighted by Crippen LogP contribution is 2.56. The number of thiophene rings is 1. The molecule has 0 bridgehead atoms. The Morgan fingerprint density at radius 1 is 1.42 bits per heavy atom. The third kappa shape index (κ3) is 3.78. The molecule has 3 fully saturated rings. The van der Waals surface area contributed by atoms with Crippen LogP contribution in [0.3, 0.4) is 0 Å². The van der Waals surface area contributed by atoms with Crippen molar-refractivity contribution < 1.29 is 9.59 Å². The van der Waals surface area contributed by atoms with Gasteiger partial charge in [0, 0.05) is 38.5 Å². The largest absolute Gasteiger partial charge is 0.346 e. The van der Waals surface area contributed by atoms with Gasteiger partial charge in [0.15, 0.2) is 0 Å². The molecule has 5 nitrogen and oxygen atoms in total. The zero-order valence-corrected chi connectivity index (χ0v) is 16.9. The molecule has 2 amide bonds. The van der Waals surface area contributed by atoms with Gasteiger partial charge in [-0.05, 0) is 66.6 Å². The van der Waals surface area contributed by atoms with Crippen molar-refractivity contribution in [2.24, 2.45) is 11.3 Å². The summed E-state index contributed by atoms with van der Waals surface area (Å²) in [5.41, 5.74) is 1.54. The molecule has 3 heterocycles. The van der Waals surface area contributed by atoms with Crippen LogP contribution >= 0.6 is 23.7 Å². The van der Waals surface area contributed by atoms with E-state index in [1.165, 1.54) is 5.56 Å². The molecule has 2 atom stereocenters. The third-order valence-corrected chi connectivity index (χ3v) is 7.08. The topological polar surface area (TPSA) is 52.7 Å². The molecule has 26 heavy (non-hydrogen) atoms. The Labute approximate surface area is 165 Å². The maximum Gasteiger partial charge on any atom is 0.226 e. The van der Waals surface area contributed by atoms with E-state index in [1.54, 1.807) is 16.2 Å². The molecule has 2 unspecified atom stereocenters. The number of carbonyl (C=O) groups excluding carboxylic acids is 2. The fourth-order valence-electron chi connectivity index (χ4n) is 4.54. The minimum Gasteiger partial charge on any atom is -0.346 e. The summed E-state index contributed by atoms with van der Waals surface area (Å²) >= 11 is 1.68. The first kappa shape index (κ1) is 19.6. The van der Waals surface area contributed by atoms with Crippen LogP contribution in [-0.2, 0) is 16.1 Å². The van der Waals surface area contributed by atoms with Crippen LogP contribution in [0.25, 0.3) is 0 Å². The highest BCUT2D eigenvalue weighted by atomic mass is 35.5. The van der Waals surface area contributed by atoms with E-state index in [0.29, 0.717) is 31.0 Å². The van der Waals surface area contributed by atoms with Crippen molar-refractivity contribution in [1.29, 1.82) is 0 Å². The highest BCUT2D eigenvalue weighted by Gasteiger charge is 2.58. The first-order valence-electron chi connectivity index (χ1n) is 9.35. The molecule has 1 aromatic rings. The van der Waals surface area contributed by atoms with Gasteiger partial charge in [-0.2, -0.15) is 11.3 Å². The van der Waals surface area contributed by atoms with Crippen molar-refractivity contribution in [3.63, 3.8) is 0 Å². The quantitative estimate of drug-likeness (QED) is 0.849. The summed E-state index contributed by atoms with van der Waals surface area (Å²) in [5, 5.41) is 7.65. The second kappa shape index (κ2) is 7.87. The van der Waals surface area contributed by atoms with Crippen LogP contribution in [0.4, 0.5) is 0 Å². The van der Waals surface area contributed by atoms with Crippen LogP contribution in [0.2, 0.25) is 0 Å². The highest BCUT2D eigenvalue weighted by molar-refractivity contribution is 7.07. The van der Waals surface area contributed by atoms with Gasteiger partial charge in [0.2, 0.25) is 11.8 Å². The number of piperidine rings is 2. The summed E-state index contributed by atoms with van der Waals surface area (Å²) in [6, 6.07) is 2.47. The second-order valence-electron chi connectivity index (χ2n) is 7.94. The minimum absolute atomic E-state index is 0. The van der Waals surface area contributed by atoms with Crippen molar-refractivity contribution in [2.75, 3.05) is 26.7 Å². The van der Waals surface area contributed by atoms with E-state index >= 15 is 0 Å². The Balaban J connectivity index is 0.00000196. The van der Waals surface area contributed by atoms with E-state index in [4.69, 9.17) is 0 Å². The summed E-state index contributed by atoms with van der Waals surface area (Å²) < 4.78 is 0. The number of nitrogens with one attached hydrogen (secondary N) is 1. The van der Waals surface area contributed by atoms with E-state index in [2.05, 4.69) is 27.0 Å². The molecule has 7 heteroatoms. The van der Waals surface area contributed by atoms with E-state index in [-0.39, 0.29) is 30.1 Å². The predicted octanol–water partition coefficient (Wildman–Crippen LogP) is 2.51. The molecule has 0 radical (unpaired) electrons. The fourth-order valence-corrected chi connectivity index (χ4v) is 5.20. The number of likely N-dealkylation sites (tertiary alicyclic amines) is 1. The molecule has 0 aromatic carbocycles. The van der Waals surface area contributed by atoms with E-state index < -0.39 is 0 Å². The lowest BCUT2D eigenvalue weighted by Crippen LogP contribution is -2.46. The molecule has 1 aliphatic carbocycles. The summed E-state index contributed by atoms with van der Waals surface area (Å²) in [7, 11) is 1.83. The minimum atomic E-state index is -0.137. The Kier molecular flexibility index (Phi) is 5.94. The van der Waals surface area contributed by atoms with Crippen LogP contribution in [-0.4, -0.2) is 54.3 Å². The van der Waals surface area contributed by atoms with E-state index in [1.807, 2.05) is 7.05 Å². The van der Waals surface area contributed by atoms with Crippen LogP contribution in [0, 0.1) is 11.3 Å². The Morgan fingerprint density at radius 3 is 2.85 bits per heavy atom. The Morgan fingerprint density at radius 2 is 2.19 bits per heavy atom. The van der Waals surface area contributed by atoms with Crippen LogP contribution < -0.4 is 5.32 Å². The zero-order chi connectivity index (χ0) is 17.4. The van der Waals surface area contributed by atoms with Gasteiger partial charge in [0.1, 0.15) is 0 Å². The van der Waals surface area contributed by atoms with Crippen molar-refractivity contribution in [1.82, 2.24) is 15.1 Å². The molecule has 1 saturated carbocycles. The van der Waals surface area contributed by atoms with Gasteiger partial charge in [-0.1, -0.05) is 0 Å². The number of hydrogen-bond acceptors (Lipinski definition) is 4. The SMILES string of the molecule is CN1CCC(C(=O)N(Cc2ccsc2)C2CC23CCNCC3)CC1=O.Cl. The zero-order valence-electron chi connectivity index (χ0n) is 15.3. The van der Waals surface area contributed by atoms with Crippen molar-refractivity contribution >= 4 is 35.6 Å². The maximum atomic E-state index is 13.3. The molecule has 3 aliphatic rings. The number of carbonyl (C=O) groups is 2. The van der Waals surface area contributed by atoms with Gasteiger partial charge in [0.05, 0.1) is 0 Å². The normalized spacial score (nSPS) is 27.1. The maximum absolute atomic E-state index is 13.3. The molecule has 2 saturated heterocycles. The van der Waals surface area contributed by atoms with Gasteiger partial charge in [-0.15, -0.1) is 12.4 Å². The molecule has 1 aromatic heterocycles. The number of hydrogen-bond donors (Lipinski definition) is 1. The monoisotopic (exact) mass is 397 g/mol. The molecule has 1 N–H and O–H groups in total. The molecular formula is C19H28ClN3O2S. The lowest BCUT2D eigenvalue weighted by molar-refractivity contribution is -0.145. The van der Waals surface area contributed by atoms with Crippen LogP contribution in [0.15, 0.2) is 16.8 Å². The van der Waals surface area contributed by atoms with Crippen molar-refractivity contribution in [3.05, 3.63) is 22.4 Å². The van der Waals surface area contributed by atoms with Gasteiger partial charge in [-0.25, -0.2) is 0 Å². The third-order valence-electron chi connectivity index (χ3n) is 6.35. The van der Waals surface area contributed by atoms with Crippen molar-refractivity contribution in [2.45, 2.75) is 44.7 Å². The van der Waals surface area contributed by atoms with Gasteiger partial charge < -0.3 is 15.1 Å². The van der Waals surface area contributed by atoms with Crippen molar-refractivity contribution in [3.8, 4) is 0 Å². The molecule has 2 aliphatic heterocycles. The summed E-state index contributed by atoms with van der Waals surface area (Å²) in [6.07, 6.45) is 4.62. The van der Waals surface area contributed by atoms with Gasteiger partial charge in [-0.3, -0.25) is 9.59 Å². The number of halogens is 1. The van der Waals surface area contributed by atoms with Gasteiger partial charge >= 0.3 is 0 Å². The Hall–Kier alpha value is -1.11. The van der Waals surface area contributed by atoms with Crippen LogP contribution in [0.1, 0.15) is 37.7 Å². The molecule has 144 valence electrons. The average Bonchev–Trinajstić information content (AvgIpc) is 3.06. The average molecular weight is 398 g/mol. The lowest BCUT2D eigenvalue weighted by Gasteiger charge is -2.34. The van der Waals surface area contributed by atoms with Crippen LogP contribution in [0.5, 0.6) is 0 Å².